The number of nitrogens with zero attached hydrogens (tertiary/aromatic N) is 1. The zero-order valence-corrected chi connectivity index (χ0v) is 12.5. The molecule has 1 saturated heterocycles. The van der Waals surface area contributed by atoms with Crippen molar-refractivity contribution < 1.29 is 14.9 Å². The van der Waals surface area contributed by atoms with Gasteiger partial charge in [-0.15, -0.1) is 0 Å². The molecule has 0 saturated carbocycles. The fourth-order valence-electron chi connectivity index (χ4n) is 2.10. The highest BCUT2D eigenvalue weighted by Gasteiger charge is 2.27. The Kier molecular flexibility index (Phi) is 4.86. The van der Waals surface area contributed by atoms with Crippen molar-refractivity contribution in [3.63, 3.8) is 0 Å². The molecule has 1 fully saturated rings. The first kappa shape index (κ1) is 15.1. The molecule has 0 aromatic heterocycles. The minimum absolute atomic E-state index is 0.00869. The molecular formula is C13H16Cl2N3O2+. The molecule has 0 aliphatic carbocycles. The molecule has 0 unspecified atom stereocenters. The van der Waals surface area contributed by atoms with Gasteiger partial charge >= 0.3 is 6.03 Å². The molecule has 1 aliphatic rings. The molecule has 20 heavy (non-hydrogen) atoms. The molecule has 0 radical (unpaired) electrons. The van der Waals surface area contributed by atoms with Crippen molar-refractivity contribution in [2.45, 2.75) is 13.0 Å². The van der Waals surface area contributed by atoms with E-state index in [0.717, 1.165) is 5.56 Å². The predicted molar refractivity (Wildman–Crippen MR) is 76.8 cm³/mol. The van der Waals surface area contributed by atoms with Crippen molar-refractivity contribution >= 4 is 35.1 Å². The number of urea groups is 1. The van der Waals surface area contributed by atoms with E-state index in [4.69, 9.17) is 23.2 Å². The molecule has 3 N–H and O–H groups in total. The van der Waals surface area contributed by atoms with Gasteiger partial charge in [-0.1, -0.05) is 29.3 Å². The highest BCUT2D eigenvalue weighted by Crippen LogP contribution is 2.24. The van der Waals surface area contributed by atoms with Gasteiger partial charge in [-0.3, -0.25) is 9.69 Å². The molecular weight excluding hydrogens is 301 g/mol. The number of rotatable bonds is 4. The fourth-order valence-corrected chi connectivity index (χ4v) is 2.68. The highest BCUT2D eigenvalue weighted by molar-refractivity contribution is 6.35. The summed E-state index contributed by atoms with van der Waals surface area (Å²) in [7, 11) is 0. The van der Waals surface area contributed by atoms with E-state index in [1.807, 2.05) is 18.3 Å². The summed E-state index contributed by atoms with van der Waals surface area (Å²) in [5.74, 6) is -0.197. The molecule has 5 nitrogen and oxygen atoms in total. The molecule has 3 amide bonds. The van der Waals surface area contributed by atoms with E-state index in [1.165, 1.54) is 4.90 Å². The van der Waals surface area contributed by atoms with Gasteiger partial charge in [0, 0.05) is 23.7 Å². The van der Waals surface area contributed by atoms with Crippen LogP contribution in [-0.2, 0) is 4.79 Å². The first-order chi connectivity index (χ1) is 9.49. The maximum atomic E-state index is 11.9. The van der Waals surface area contributed by atoms with Crippen molar-refractivity contribution in [1.29, 1.82) is 0 Å². The van der Waals surface area contributed by atoms with Gasteiger partial charge in [0.05, 0.1) is 5.02 Å². The van der Waals surface area contributed by atoms with Crippen LogP contribution in [-0.4, -0.2) is 36.5 Å². The molecule has 1 aliphatic heterocycles. The minimum atomic E-state index is -0.319. The normalized spacial score (nSPS) is 16.1. The standard InChI is InChI=1S/C13H15Cl2N3O2/c1-8(10-3-2-9(14)6-11(10)15)17-7-12(19)18-5-4-16-13(18)20/h2-3,6,8,17H,4-5,7H2,1H3,(H,16,20)/p+1/t8-/m1/s1. The topological polar surface area (TPSA) is 66.0 Å². The lowest BCUT2D eigenvalue weighted by molar-refractivity contribution is -0.683. The molecule has 1 heterocycles. The quantitative estimate of drug-likeness (QED) is 0.875. The Hall–Kier alpha value is -1.30. The Labute approximate surface area is 127 Å². The average Bonchev–Trinajstić information content (AvgIpc) is 2.82. The number of hydrogen-bond donors (Lipinski definition) is 2. The van der Waals surface area contributed by atoms with E-state index in [1.54, 1.807) is 12.1 Å². The summed E-state index contributed by atoms with van der Waals surface area (Å²) in [5.41, 5.74) is 0.912. The van der Waals surface area contributed by atoms with Gasteiger partial charge in [-0.25, -0.2) is 4.79 Å². The smallest absolute Gasteiger partial charge is 0.324 e. The van der Waals surface area contributed by atoms with E-state index in [-0.39, 0.29) is 24.5 Å². The third kappa shape index (κ3) is 3.42. The Morgan fingerprint density at radius 1 is 1.50 bits per heavy atom. The number of nitrogens with one attached hydrogen (secondary N) is 1. The van der Waals surface area contributed by atoms with Crippen molar-refractivity contribution in [2.75, 3.05) is 19.6 Å². The number of hydrogen-bond acceptors (Lipinski definition) is 2. The Balaban J connectivity index is 1.93. The van der Waals surface area contributed by atoms with Gasteiger partial charge in [0.2, 0.25) is 0 Å². The molecule has 108 valence electrons. The molecule has 1 atom stereocenters. The number of quaternary nitrogens is 1. The van der Waals surface area contributed by atoms with Crippen LogP contribution in [0, 0.1) is 0 Å². The zero-order chi connectivity index (χ0) is 14.7. The van der Waals surface area contributed by atoms with E-state index >= 15 is 0 Å². The molecule has 2 rings (SSSR count). The maximum absolute atomic E-state index is 11.9. The monoisotopic (exact) mass is 316 g/mol. The van der Waals surface area contributed by atoms with Crippen molar-refractivity contribution in [2.24, 2.45) is 0 Å². The van der Waals surface area contributed by atoms with Crippen LogP contribution in [0.15, 0.2) is 18.2 Å². The van der Waals surface area contributed by atoms with E-state index in [9.17, 15) is 9.59 Å². The number of nitrogens with two attached hydrogens (primary N) is 1. The summed E-state index contributed by atoms with van der Waals surface area (Å²) >= 11 is 12.0. The van der Waals surface area contributed by atoms with Crippen LogP contribution in [0.1, 0.15) is 18.5 Å². The largest absolute Gasteiger partial charge is 0.336 e. The van der Waals surface area contributed by atoms with E-state index in [0.29, 0.717) is 23.1 Å². The van der Waals surface area contributed by atoms with Gasteiger partial charge in [0.15, 0.2) is 6.54 Å². The van der Waals surface area contributed by atoms with Gasteiger partial charge in [0.25, 0.3) is 5.91 Å². The summed E-state index contributed by atoms with van der Waals surface area (Å²) < 4.78 is 0. The molecule has 7 heteroatoms. The first-order valence-corrected chi connectivity index (χ1v) is 7.11. The molecule has 0 spiro atoms. The van der Waals surface area contributed by atoms with Crippen LogP contribution in [0.25, 0.3) is 0 Å². The maximum Gasteiger partial charge on any atom is 0.324 e. The second-order valence-corrected chi connectivity index (χ2v) is 5.52. The summed E-state index contributed by atoms with van der Waals surface area (Å²) in [6.45, 7) is 3.10. The first-order valence-electron chi connectivity index (χ1n) is 6.35. The second-order valence-electron chi connectivity index (χ2n) is 4.67. The van der Waals surface area contributed by atoms with Crippen LogP contribution in [0.4, 0.5) is 4.79 Å². The third-order valence-electron chi connectivity index (χ3n) is 3.26. The molecule has 1 aromatic carbocycles. The average molecular weight is 317 g/mol. The lowest BCUT2D eigenvalue weighted by atomic mass is 10.1. The highest BCUT2D eigenvalue weighted by atomic mass is 35.5. The lowest BCUT2D eigenvalue weighted by Crippen LogP contribution is -2.87. The number of carbonyl (C=O) groups excluding carboxylic acids is 2. The van der Waals surface area contributed by atoms with Crippen LogP contribution < -0.4 is 10.6 Å². The molecule has 1 aromatic rings. The predicted octanol–water partition coefficient (Wildman–Crippen LogP) is 1.17. The van der Waals surface area contributed by atoms with Crippen LogP contribution in [0.5, 0.6) is 0 Å². The van der Waals surface area contributed by atoms with E-state index < -0.39 is 0 Å². The molecule has 0 bridgehead atoms. The van der Waals surface area contributed by atoms with Crippen molar-refractivity contribution in [3.8, 4) is 0 Å². The number of benzene rings is 1. The van der Waals surface area contributed by atoms with Crippen LogP contribution in [0.3, 0.4) is 0 Å². The Morgan fingerprint density at radius 2 is 2.25 bits per heavy atom. The summed E-state index contributed by atoms with van der Waals surface area (Å²) in [5, 5.41) is 5.61. The van der Waals surface area contributed by atoms with Crippen molar-refractivity contribution in [1.82, 2.24) is 10.2 Å². The SMILES string of the molecule is C[C@@H]([NH2+]CC(=O)N1CCNC1=O)c1ccc(Cl)cc1Cl. The number of carbonyl (C=O) groups is 2. The number of halogens is 2. The van der Waals surface area contributed by atoms with Crippen LogP contribution >= 0.6 is 23.2 Å². The zero-order valence-electron chi connectivity index (χ0n) is 11.0. The number of amides is 3. The van der Waals surface area contributed by atoms with Gasteiger partial charge in [0.1, 0.15) is 6.04 Å². The Bertz CT molecular complexity index is 536. The second kappa shape index (κ2) is 6.43. The van der Waals surface area contributed by atoms with Gasteiger partial charge < -0.3 is 10.6 Å². The fraction of sp³-hybridized carbons (Fsp3) is 0.385. The van der Waals surface area contributed by atoms with Gasteiger partial charge in [-0.2, -0.15) is 0 Å². The van der Waals surface area contributed by atoms with Crippen molar-refractivity contribution in [3.05, 3.63) is 33.8 Å². The Morgan fingerprint density at radius 3 is 2.85 bits per heavy atom. The summed E-state index contributed by atoms with van der Waals surface area (Å²) in [4.78, 5) is 24.5. The summed E-state index contributed by atoms with van der Waals surface area (Å²) in [6.07, 6.45) is 0. The van der Waals surface area contributed by atoms with Gasteiger partial charge in [-0.05, 0) is 19.1 Å². The van der Waals surface area contributed by atoms with E-state index in [2.05, 4.69) is 5.32 Å². The number of imide groups is 1. The third-order valence-corrected chi connectivity index (χ3v) is 3.82. The minimum Gasteiger partial charge on any atom is -0.336 e. The summed E-state index contributed by atoms with van der Waals surface area (Å²) in [6, 6.07) is 4.98. The van der Waals surface area contributed by atoms with Crippen LogP contribution in [0.2, 0.25) is 10.0 Å². The lowest BCUT2D eigenvalue weighted by Gasteiger charge is -2.15.